The van der Waals surface area contributed by atoms with Crippen molar-refractivity contribution in [2.75, 3.05) is 20.8 Å². The number of quaternary nitrogens is 1. The number of ether oxygens (including phenoxy) is 1. The van der Waals surface area contributed by atoms with Crippen LogP contribution >= 0.6 is 11.6 Å². The molecule has 24 heavy (non-hydrogen) atoms. The van der Waals surface area contributed by atoms with Crippen LogP contribution in [0.5, 0.6) is 0 Å². The second-order valence-electron chi connectivity index (χ2n) is 6.17. The molecule has 2 fully saturated rings. The zero-order chi connectivity index (χ0) is 17.6. The first-order valence-electron chi connectivity index (χ1n) is 7.49. The molecule has 8 heteroatoms. The lowest BCUT2D eigenvalue weighted by Gasteiger charge is -2.26. The van der Waals surface area contributed by atoms with Crippen molar-refractivity contribution < 1.29 is 29.5 Å². The summed E-state index contributed by atoms with van der Waals surface area (Å²) in [4.78, 5) is 38.6. The molecular weight excluding hydrogens is 336 g/mol. The van der Waals surface area contributed by atoms with E-state index in [2.05, 4.69) is 0 Å². The topological polar surface area (TPSA) is 101 Å². The van der Waals surface area contributed by atoms with Crippen LogP contribution in [0.15, 0.2) is 24.3 Å². The molecule has 3 rings (SSSR count). The van der Waals surface area contributed by atoms with Crippen molar-refractivity contribution in [3.8, 4) is 0 Å². The van der Waals surface area contributed by atoms with Crippen molar-refractivity contribution in [2.45, 2.75) is 11.6 Å². The first-order chi connectivity index (χ1) is 11.4. The Balaban J connectivity index is 2.12. The number of hydrogen-bond acceptors (Lipinski definition) is 5. The van der Waals surface area contributed by atoms with Gasteiger partial charge in [0.15, 0.2) is 0 Å². The predicted molar refractivity (Wildman–Crippen MR) is 82.7 cm³/mol. The number of rotatable bonds is 3. The highest BCUT2D eigenvalue weighted by Gasteiger charge is 2.72. The van der Waals surface area contributed by atoms with Crippen LogP contribution in [0.2, 0.25) is 5.02 Å². The third kappa shape index (κ3) is 2.16. The van der Waals surface area contributed by atoms with Crippen molar-refractivity contribution in [3.63, 3.8) is 0 Å². The Morgan fingerprint density at radius 2 is 1.96 bits per heavy atom. The summed E-state index contributed by atoms with van der Waals surface area (Å²) in [7, 11) is 2.59. The second kappa shape index (κ2) is 5.84. The van der Waals surface area contributed by atoms with Crippen LogP contribution in [0.1, 0.15) is 11.6 Å². The van der Waals surface area contributed by atoms with Gasteiger partial charge in [-0.1, -0.05) is 23.7 Å². The molecule has 0 saturated carbocycles. The van der Waals surface area contributed by atoms with Crippen molar-refractivity contribution in [1.29, 1.82) is 0 Å². The predicted octanol–water partition coefficient (Wildman–Crippen LogP) is -0.907. The fourth-order valence-corrected chi connectivity index (χ4v) is 3.98. The lowest BCUT2D eigenvalue weighted by molar-refractivity contribution is -0.735. The summed E-state index contributed by atoms with van der Waals surface area (Å²) in [6, 6.07) is 6.38. The minimum atomic E-state index is -1.53. The lowest BCUT2D eigenvalue weighted by Crippen LogP contribution is -2.99. The molecule has 4 atom stereocenters. The monoisotopic (exact) mass is 353 g/mol. The van der Waals surface area contributed by atoms with Gasteiger partial charge in [0.25, 0.3) is 0 Å². The summed E-state index contributed by atoms with van der Waals surface area (Å²) in [5.74, 6) is -3.26. The number of methoxy groups -OCH3 is 1. The molecule has 2 saturated heterocycles. The standard InChI is InChI=1S/C16H17ClN2O5/c1-19-13(21)10-11(14(19)22)16(7-20,15(23)24-2)18-12(10)8-3-5-9(17)6-4-8/h3-6,10-12,18,20H,7H2,1-2H3/p+1/t10-,11-,12+,16+/m0/s1. The van der Waals surface area contributed by atoms with Crippen molar-refractivity contribution in [2.24, 2.45) is 11.8 Å². The number of likely N-dealkylation sites (tertiary alicyclic amines) is 1. The maximum atomic E-state index is 12.6. The van der Waals surface area contributed by atoms with Crippen LogP contribution < -0.4 is 5.32 Å². The lowest BCUT2D eigenvalue weighted by atomic mass is 9.79. The Labute approximate surface area is 143 Å². The maximum absolute atomic E-state index is 12.6. The molecule has 2 aliphatic rings. The van der Waals surface area contributed by atoms with Crippen molar-refractivity contribution >= 4 is 29.4 Å². The molecule has 0 unspecified atom stereocenters. The zero-order valence-electron chi connectivity index (χ0n) is 13.2. The van der Waals surface area contributed by atoms with Crippen LogP contribution in [-0.2, 0) is 19.1 Å². The summed E-state index contributed by atoms with van der Waals surface area (Å²) in [6.45, 7) is -0.599. The number of aliphatic hydroxyl groups is 1. The third-order valence-corrected chi connectivity index (χ3v) is 5.32. The van der Waals surface area contributed by atoms with Gasteiger partial charge in [-0.15, -0.1) is 0 Å². The Hall–Kier alpha value is -1.96. The summed E-state index contributed by atoms with van der Waals surface area (Å²) in [6.07, 6.45) is 0. The SMILES string of the molecule is COC(=O)[C@]1(CO)[NH2+][C@H](c2ccc(Cl)cc2)[C@H]2C(=O)N(C)C(=O)[C@H]21. The molecule has 128 valence electrons. The normalized spacial score (nSPS) is 32.2. The number of imide groups is 1. The van der Waals surface area contributed by atoms with Gasteiger partial charge in [0.05, 0.1) is 7.11 Å². The van der Waals surface area contributed by atoms with E-state index in [0.717, 1.165) is 10.5 Å². The van der Waals surface area contributed by atoms with E-state index in [-0.39, 0.29) is 5.91 Å². The summed E-state index contributed by atoms with van der Waals surface area (Å²) in [5.41, 5.74) is -0.772. The number of esters is 1. The molecule has 0 aromatic heterocycles. The number of fused-ring (bicyclic) bond motifs is 1. The molecule has 0 bridgehead atoms. The third-order valence-electron chi connectivity index (χ3n) is 5.07. The van der Waals surface area contributed by atoms with Gasteiger partial charge in [0, 0.05) is 17.6 Å². The molecule has 2 amide bonds. The number of carbonyl (C=O) groups is 3. The molecule has 1 aromatic rings. The van der Waals surface area contributed by atoms with Gasteiger partial charge in [-0.25, -0.2) is 4.79 Å². The quantitative estimate of drug-likeness (QED) is 0.541. The maximum Gasteiger partial charge on any atom is 0.371 e. The van der Waals surface area contributed by atoms with Gasteiger partial charge in [-0.05, 0) is 12.1 Å². The number of amides is 2. The highest BCUT2D eigenvalue weighted by atomic mass is 35.5. The van der Waals surface area contributed by atoms with E-state index in [1.54, 1.807) is 29.6 Å². The number of hydrogen-bond donors (Lipinski definition) is 2. The fourth-order valence-electron chi connectivity index (χ4n) is 3.86. The Morgan fingerprint density at radius 3 is 2.50 bits per heavy atom. The van der Waals surface area contributed by atoms with Gasteiger partial charge in [0.2, 0.25) is 17.4 Å². The van der Waals surface area contributed by atoms with Gasteiger partial charge in [0.1, 0.15) is 24.5 Å². The fraction of sp³-hybridized carbons (Fsp3) is 0.438. The molecule has 1 aromatic carbocycles. The van der Waals surface area contributed by atoms with Gasteiger partial charge < -0.3 is 15.2 Å². The largest absolute Gasteiger partial charge is 0.464 e. The molecule has 0 aliphatic carbocycles. The number of benzene rings is 1. The molecule has 0 spiro atoms. The van der Waals surface area contributed by atoms with E-state index in [0.29, 0.717) is 5.02 Å². The van der Waals surface area contributed by atoms with Crippen LogP contribution in [0.3, 0.4) is 0 Å². The summed E-state index contributed by atoms with van der Waals surface area (Å²) < 4.78 is 4.83. The van der Waals surface area contributed by atoms with E-state index >= 15 is 0 Å². The van der Waals surface area contributed by atoms with Gasteiger partial charge >= 0.3 is 5.97 Å². The van der Waals surface area contributed by atoms with E-state index in [1.807, 2.05) is 0 Å². The Morgan fingerprint density at radius 1 is 1.33 bits per heavy atom. The van der Waals surface area contributed by atoms with Crippen molar-refractivity contribution in [1.82, 2.24) is 4.90 Å². The smallest absolute Gasteiger partial charge is 0.371 e. The Kier molecular flexibility index (Phi) is 4.11. The average Bonchev–Trinajstić information content (AvgIpc) is 3.05. The molecule has 2 heterocycles. The second-order valence-corrected chi connectivity index (χ2v) is 6.61. The number of nitrogens with zero attached hydrogens (tertiary/aromatic N) is 1. The molecule has 7 nitrogen and oxygen atoms in total. The van der Waals surface area contributed by atoms with Crippen molar-refractivity contribution in [3.05, 3.63) is 34.9 Å². The van der Waals surface area contributed by atoms with E-state index in [9.17, 15) is 19.5 Å². The highest BCUT2D eigenvalue weighted by molar-refractivity contribution is 6.30. The van der Waals surface area contributed by atoms with E-state index in [4.69, 9.17) is 16.3 Å². The van der Waals surface area contributed by atoms with Gasteiger partial charge in [-0.3, -0.25) is 14.5 Å². The number of aliphatic hydroxyl groups excluding tert-OH is 1. The van der Waals surface area contributed by atoms with Crippen LogP contribution in [0.25, 0.3) is 0 Å². The molecular formula is C16H18ClN2O5+. The highest BCUT2D eigenvalue weighted by Crippen LogP contribution is 2.43. The summed E-state index contributed by atoms with van der Waals surface area (Å²) >= 11 is 5.91. The molecule has 0 radical (unpaired) electrons. The number of carbonyl (C=O) groups excluding carboxylic acids is 3. The van der Waals surface area contributed by atoms with Crippen LogP contribution in [-0.4, -0.2) is 54.1 Å². The molecule has 3 N–H and O–H groups in total. The minimum Gasteiger partial charge on any atom is -0.464 e. The van der Waals surface area contributed by atoms with E-state index < -0.39 is 41.9 Å². The minimum absolute atomic E-state index is 0.361. The number of nitrogens with two attached hydrogens (primary N) is 1. The zero-order valence-corrected chi connectivity index (χ0v) is 14.0. The average molecular weight is 354 g/mol. The molecule has 2 aliphatic heterocycles. The first-order valence-corrected chi connectivity index (χ1v) is 7.87. The first kappa shape index (κ1) is 16.9. The van der Waals surface area contributed by atoms with E-state index in [1.165, 1.54) is 14.2 Å². The number of halogens is 1. The Bertz CT molecular complexity index is 707. The van der Waals surface area contributed by atoms with Crippen LogP contribution in [0, 0.1) is 11.8 Å². The van der Waals surface area contributed by atoms with Gasteiger partial charge in [-0.2, -0.15) is 0 Å². The van der Waals surface area contributed by atoms with Crippen LogP contribution in [0.4, 0.5) is 0 Å². The summed E-state index contributed by atoms with van der Waals surface area (Å²) in [5, 5.41) is 12.1.